The third-order valence-electron chi connectivity index (χ3n) is 17.0. The molecular formula is C66H117N11O15. The van der Waals surface area contributed by atoms with E-state index in [-0.39, 0.29) is 63.2 Å². The first kappa shape index (κ1) is 83.5. The average molecular weight is 1300 g/mol. The lowest BCUT2D eigenvalue weighted by atomic mass is 9.93. The molecule has 26 nitrogen and oxygen atoms in total. The molecule has 1 saturated heterocycles. The zero-order valence-electron chi connectivity index (χ0n) is 59.4. The predicted octanol–water partition coefficient (Wildman–Crippen LogP) is 1.93. The lowest BCUT2D eigenvalue weighted by Crippen LogP contribution is -2.65. The highest BCUT2D eigenvalue weighted by Crippen LogP contribution is 2.26. The van der Waals surface area contributed by atoms with Crippen LogP contribution in [0.2, 0.25) is 0 Å². The van der Waals surface area contributed by atoms with Gasteiger partial charge in [-0.25, -0.2) is 0 Å². The highest BCUT2D eigenvalue weighted by Gasteiger charge is 2.47. The molecule has 526 valence electrons. The van der Waals surface area contributed by atoms with Crippen LogP contribution in [0.5, 0.6) is 0 Å². The Kier molecular flexibility index (Phi) is 35.6. The van der Waals surface area contributed by atoms with Gasteiger partial charge in [-0.15, -0.1) is 6.58 Å². The Morgan fingerprint density at radius 1 is 0.511 bits per heavy atom. The van der Waals surface area contributed by atoms with Crippen molar-refractivity contribution in [3.8, 4) is 0 Å². The Hall–Kier alpha value is -6.51. The van der Waals surface area contributed by atoms with Crippen LogP contribution in [0.4, 0.5) is 0 Å². The summed E-state index contributed by atoms with van der Waals surface area (Å²) in [6, 6.07) is -15.4. The smallest absolute Gasteiger partial charge is 0.248 e. The summed E-state index contributed by atoms with van der Waals surface area (Å²) in [6.07, 6.45) is 2.69. The van der Waals surface area contributed by atoms with Crippen LogP contribution >= 0.6 is 0 Å². The fourth-order valence-electron chi connectivity index (χ4n) is 11.5. The normalized spacial score (nSPS) is 26.8. The summed E-state index contributed by atoms with van der Waals surface area (Å²) < 4.78 is 6.09. The van der Waals surface area contributed by atoms with Gasteiger partial charge in [0.25, 0.3) is 0 Å². The van der Waals surface area contributed by atoms with Gasteiger partial charge in [-0.2, -0.15) is 0 Å². The number of unbranched alkanes of at least 4 members (excludes halogenated alkanes) is 1. The lowest BCUT2D eigenvalue weighted by Gasteiger charge is -2.41. The van der Waals surface area contributed by atoms with Gasteiger partial charge in [-0.05, 0) is 95.8 Å². The molecule has 0 aliphatic carbocycles. The zero-order chi connectivity index (χ0) is 71.1. The molecule has 7 N–H and O–H groups in total. The fourth-order valence-corrected chi connectivity index (χ4v) is 11.5. The number of nitrogens with one attached hydrogen (secondary N) is 4. The molecule has 1 aliphatic heterocycles. The van der Waals surface area contributed by atoms with Crippen molar-refractivity contribution >= 4 is 65.0 Å². The molecular weight excluding hydrogens is 1190 g/mol. The average Bonchev–Trinajstić information content (AvgIpc) is 0.812. The summed E-state index contributed by atoms with van der Waals surface area (Å²) in [6.45, 7) is 29.3. The Morgan fingerprint density at radius 2 is 0.967 bits per heavy atom. The van der Waals surface area contributed by atoms with Crippen LogP contribution in [-0.4, -0.2) is 262 Å². The van der Waals surface area contributed by atoms with E-state index in [1.54, 1.807) is 60.6 Å². The molecule has 0 radical (unpaired) electrons. The number of ether oxygens (including phenoxy) is 1. The van der Waals surface area contributed by atoms with Gasteiger partial charge in [-0.1, -0.05) is 101 Å². The van der Waals surface area contributed by atoms with Crippen molar-refractivity contribution < 1.29 is 72.8 Å². The summed E-state index contributed by atoms with van der Waals surface area (Å²) in [4.78, 5) is 171. The molecule has 1 heterocycles. The van der Waals surface area contributed by atoms with Crippen LogP contribution in [-0.2, 0) is 57.5 Å². The van der Waals surface area contributed by atoms with Crippen LogP contribution in [0.15, 0.2) is 24.8 Å². The first-order valence-electron chi connectivity index (χ1n) is 32.6. The van der Waals surface area contributed by atoms with Gasteiger partial charge in [0.2, 0.25) is 65.0 Å². The molecule has 1 fully saturated rings. The molecule has 11 amide bonds. The number of aliphatic hydroxyl groups excluding tert-OH is 3. The van der Waals surface area contributed by atoms with Gasteiger partial charge in [0, 0.05) is 68.0 Å². The van der Waals surface area contributed by atoms with E-state index in [0.29, 0.717) is 12.8 Å². The molecule has 0 saturated carbocycles. The van der Waals surface area contributed by atoms with Crippen LogP contribution in [0.25, 0.3) is 0 Å². The van der Waals surface area contributed by atoms with Crippen molar-refractivity contribution in [2.24, 2.45) is 35.5 Å². The molecule has 14 atom stereocenters. The molecule has 0 aromatic rings. The van der Waals surface area contributed by atoms with E-state index in [9.17, 15) is 39.3 Å². The molecule has 1 aliphatic rings. The van der Waals surface area contributed by atoms with Crippen LogP contribution < -0.4 is 21.3 Å². The second-order valence-corrected chi connectivity index (χ2v) is 26.7. The van der Waals surface area contributed by atoms with Gasteiger partial charge < -0.3 is 75.6 Å². The summed E-state index contributed by atoms with van der Waals surface area (Å²) in [5.41, 5.74) is 0. The second-order valence-electron chi connectivity index (χ2n) is 26.7. The number of aliphatic hydroxyl groups is 3. The van der Waals surface area contributed by atoms with Crippen LogP contribution in [0.3, 0.4) is 0 Å². The first-order chi connectivity index (χ1) is 42.8. The predicted molar refractivity (Wildman–Crippen MR) is 351 cm³/mol. The maximum atomic E-state index is 15.2. The lowest BCUT2D eigenvalue weighted by molar-refractivity contribution is -0.157. The summed E-state index contributed by atoms with van der Waals surface area (Å²) in [5.74, 6) is -11.3. The second kappa shape index (κ2) is 39.3. The number of rotatable bonds is 21. The van der Waals surface area contributed by atoms with E-state index < -0.39 is 168 Å². The Bertz CT molecular complexity index is 2510. The number of hydrogen-bond donors (Lipinski definition) is 7. The van der Waals surface area contributed by atoms with Gasteiger partial charge in [0.05, 0.1) is 18.8 Å². The molecule has 0 spiro atoms. The maximum Gasteiger partial charge on any atom is 0.248 e. The molecule has 1 unspecified atom stereocenters. The molecule has 26 heteroatoms. The van der Waals surface area contributed by atoms with Gasteiger partial charge >= 0.3 is 0 Å². The van der Waals surface area contributed by atoms with Gasteiger partial charge in [-0.3, -0.25) is 52.7 Å². The summed E-state index contributed by atoms with van der Waals surface area (Å²) >= 11 is 0. The van der Waals surface area contributed by atoms with E-state index in [1.807, 2.05) is 41.5 Å². The number of hydrogen-bond acceptors (Lipinski definition) is 15. The van der Waals surface area contributed by atoms with Gasteiger partial charge in [0.15, 0.2) is 0 Å². The number of carbonyl (C=O) groups excluding carboxylic acids is 11. The number of carbonyl (C=O) groups is 11. The van der Waals surface area contributed by atoms with Crippen molar-refractivity contribution in [1.29, 1.82) is 0 Å². The highest BCUT2D eigenvalue weighted by molar-refractivity contribution is 6.00. The van der Waals surface area contributed by atoms with E-state index in [1.165, 1.54) is 88.7 Å². The number of likely N-dealkylation sites (N-methyl/N-ethyl adjacent to an activating group) is 6. The van der Waals surface area contributed by atoms with E-state index in [0.717, 1.165) is 14.7 Å². The topological polar surface area (TPSA) is 328 Å². The molecule has 0 bridgehead atoms. The minimum Gasteiger partial charge on any atom is -0.396 e. The van der Waals surface area contributed by atoms with Crippen molar-refractivity contribution in [3.05, 3.63) is 24.8 Å². The quantitative estimate of drug-likeness (QED) is 0.0638. The SMILES string of the molecule is C=CCN1C(=O)[C@H](CC)NC(=O)[C@H]([C@H](O)[C@H](C)/C=C/C)N(C)C(=O)[C@H](C(C)C)N(C)C(=O)[C@H](CC(C)C)N(C)C(=O)[C@H](CC(C)C)N(C)C(=O)[C@@H](C)NC(=O)[C@H](C)NC(=O)[C@H](CC(C)C)N(C)C(=O)[C@H](C(C)C)NC(=O)C([C@@H](C)OCCCCO)N(C)C(=O)[C@H]1CO. The molecule has 0 aromatic heterocycles. The standard InChI is InChI=1S/C66H117N11O15/c1-24-29-42(14)55(80)54-59(84)69-46(26-3)61(86)77(30-25-2)50(36-79)64(89)75(22)53(45(17)92-32-28-27-31-78)58(83)70-51(40(10)11)65(90)71(18)47(33-37(4)5)57(82)67-43(15)56(81)68-44(16)60(85)72(19)48(34-38(6)7)62(87)73(20)49(35-39(8)9)63(88)74(21)52(41(12)13)66(91)76(54)23/h24-25,29,37-55,78-80H,2,26-28,30-36H2,1,3-23H3,(H,67,82)(H,68,81)(H,69,84)(H,70,83)/b29-24+/t42-,43+,44-,45-,46+,47+,48+,49+,50-,51+,52+,53?,54+,55-/m1/s1. The van der Waals surface area contributed by atoms with E-state index >= 15 is 28.8 Å². The van der Waals surface area contributed by atoms with E-state index in [4.69, 9.17) is 4.74 Å². The van der Waals surface area contributed by atoms with E-state index in [2.05, 4.69) is 27.8 Å². The first-order valence-corrected chi connectivity index (χ1v) is 32.6. The van der Waals surface area contributed by atoms with Crippen LogP contribution in [0.1, 0.15) is 149 Å². The number of allylic oxidation sites excluding steroid dienone is 1. The van der Waals surface area contributed by atoms with Crippen molar-refractivity contribution in [3.63, 3.8) is 0 Å². The minimum absolute atomic E-state index is 0.0208. The summed E-state index contributed by atoms with van der Waals surface area (Å²) in [7, 11) is 8.19. The van der Waals surface area contributed by atoms with Crippen molar-refractivity contribution in [2.75, 3.05) is 68.7 Å². The third kappa shape index (κ3) is 22.9. The monoisotopic (exact) mass is 1300 g/mol. The third-order valence-corrected chi connectivity index (χ3v) is 17.0. The zero-order valence-corrected chi connectivity index (χ0v) is 59.4. The fraction of sp³-hybridized carbons (Fsp3) is 0.773. The van der Waals surface area contributed by atoms with Crippen molar-refractivity contribution in [2.45, 2.75) is 228 Å². The number of nitrogens with zero attached hydrogens (tertiary/aromatic N) is 7. The molecule has 1 rings (SSSR count). The highest BCUT2D eigenvalue weighted by atomic mass is 16.5. The minimum atomic E-state index is -1.75. The number of amides is 11. The Labute approximate surface area is 548 Å². The summed E-state index contributed by atoms with van der Waals surface area (Å²) in [5, 5.41) is 43.6. The van der Waals surface area contributed by atoms with Crippen LogP contribution in [0, 0.1) is 35.5 Å². The maximum absolute atomic E-state index is 15.2. The molecule has 0 aromatic carbocycles. The Balaban J connectivity index is 4.55. The largest absolute Gasteiger partial charge is 0.396 e. The molecule has 92 heavy (non-hydrogen) atoms. The van der Waals surface area contributed by atoms with Crippen molar-refractivity contribution in [1.82, 2.24) is 55.6 Å². The Morgan fingerprint density at radius 3 is 1.43 bits per heavy atom. The van der Waals surface area contributed by atoms with Gasteiger partial charge in [0.1, 0.15) is 66.5 Å².